The summed E-state index contributed by atoms with van der Waals surface area (Å²) in [5.41, 5.74) is 2.19. The van der Waals surface area contributed by atoms with Gasteiger partial charge >= 0.3 is 0 Å². The molecule has 0 spiro atoms. The van der Waals surface area contributed by atoms with Crippen molar-refractivity contribution in [3.8, 4) is 0 Å². The number of hydrogen-bond donors (Lipinski definition) is 1. The largest absolute Gasteiger partial charge is 0.355 e. The van der Waals surface area contributed by atoms with Crippen molar-refractivity contribution < 1.29 is 18.0 Å². The molecule has 2 amide bonds. The SMILES string of the molecule is CCNC(=O)[C@H](CC)N(Cc1ccccc1)C(=O)CN(c1ccc(C)cc1)S(=O)(=O)c1ccccc1. The first-order valence-electron chi connectivity index (χ1n) is 12.0. The van der Waals surface area contributed by atoms with Gasteiger partial charge in [0.05, 0.1) is 10.6 Å². The molecule has 190 valence electrons. The van der Waals surface area contributed by atoms with E-state index in [1.165, 1.54) is 17.0 Å². The maximum Gasteiger partial charge on any atom is 0.264 e. The highest BCUT2D eigenvalue weighted by atomic mass is 32.2. The van der Waals surface area contributed by atoms with Crippen LogP contribution in [0.4, 0.5) is 5.69 Å². The average molecular weight is 508 g/mol. The number of nitrogens with zero attached hydrogens (tertiary/aromatic N) is 2. The van der Waals surface area contributed by atoms with E-state index in [9.17, 15) is 18.0 Å². The van der Waals surface area contributed by atoms with Crippen molar-refractivity contribution in [1.29, 1.82) is 0 Å². The van der Waals surface area contributed by atoms with Gasteiger partial charge in [-0.1, -0.05) is 73.2 Å². The molecule has 0 radical (unpaired) electrons. The Morgan fingerprint density at radius 1 is 0.861 bits per heavy atom. The van der Waals surface area contributed by atoms with Gasteiger partial charge in [0.25, 0.3) is 10.0 Å². The van der Waals surface area contributed by atoms with Crippen LogP contribution in [0.5, 0.6) is 0 Å². The number of carbonyl (C=O) groups is 2. The fourth-order valence-corrected chi connectivity index (χ4v) is 5.39. The first-order valence-corrected chi connectivity index (χ1v) is 13.5. The van der Waals surface area contributed by atoms with Crippen LogP contribution in [0, 0.1) is 6.92 Å². The summed E-state index contributed by atoms with van der Waals surface area (Å²) in [6.07, 6.45) is 0.389. The van der Waals surface area contributed by atoms with Crippen molar-refractivity contribution in [1.82, 2.24) is 10.2 Å². The van der Waals surface area contributed by atoms with Crippen LogP contribution in [0.3, 0.4) is 0 Å². The fourth-order valence-electron chi connectivity index (χ4n) is 3.95. The Morgan fingerprint density at radius 2 is 1.44 bits per heavy atom. The predicted molar refractivity (Wildman–Crippen MR) is 142 cm³/mol. The zero-order valence-electron chi connectivity index (χ0n) is 20.9. The van der Waals surface area contributed by atoms with E-state index in [0.29, 0.717) is 18.7 Å². The standard InChI is InChI=1S/C28H33N3O4S/c1-4-26(28(33)29-5-2)30(20-23-12-8-6-9-13-23)27(32)21-31(24-18-16-22(3)17-19-24)36(34,35)25-14-10-7-11-15-25/h6-19,26H,4-5,20-21H2,1-3H3,(H,29,33)/t26-/m0/s1. The number of hydrogen-bond acceptors (Lipinski definition) is 4. The zero-order chi connectivity index (χ0) is 26.1. The van der Waals surface area contributed by atoms with Crippen molar-refractivity contribution >= 4 is 27.5 Å². The highest BCUT2D eigenvalue weighted by molar-refractivity contribution is 7.92. The Labute approximate surface area is 213 Å². The monoisotopic (exact) mass is 507 g/mol. The van der Waals surface area contributed by atoms with Crippen molar-refractivity contribution in [2.24, 2.45) is 0 Å². The summed E-state index contributed by atoms with van der Waals surface area (Å²) < 4.78 is 28.5. The molecule has 0 fully saturated rings. The maximum atomic E-state index is 13.8. The molecule has 3 aromatic rings. The summed E-state index contributed by atoms with van der Waals surface area (Å²) in [5, 5.41) is 2.80. The molecule has 0 saturated carbocycles. The number of aryl methyl sites for hydroxylation is 1. The second-order valence-corrected chi connectivity index (χ2v) is 10.3. The maximum absolute atomic E-state index is 13.8. The van der Waals surface area contributed by atoms with Gasteiger partial charge in [0, 0.05) is 13.1 Å². The zero-order valence-corrected chi connectivity index (χ0v) is 21.7. The van der Waals surface area contributed by atoms with E-state index in [1.54, 1.807) is 42.5 Å². The molecule has 0 aromatic heterocycles. The fraction of sp³-hybridized carbons (Fsp3) is 0.286. The second-order valence-electron chi connectivity index (χ2n) is 8.49. The molecule has 0 aliphatic heterocycles. The molecule has 7 nitrogen and oxygen atoms in total. The normalized spacial score (nSPS) is 12.0. The molecule has 1 atom stereocenters. The molecule has 36 heavy (non-hydrogen) atoms. The van der Waals surface area contributed by atoms with Crippen molar-refractivity contribution in [2.75, 3.05) is 17.4 Å². The van der Waals surface area contributed by atoms with Gasteiger partial charge in [0.1, 0.15) is 12.6 Å². The first-order chi connectivity index (χ1) is 17.3. The summed E-state index contributed by atoms with van der Waals surface area (Å²) >= 11 is 0. The highest BCUT2D eigenvalue weighted by Crippen LogP contribution is 2.25. The molecule has 8 heteroatoms. The van der Waals surface area contributed by atoms with Crippen LogP contribution in [-0.4, -0.2) is 44.3 Å². The van der Waals surface area contributed by atoms with Crippen LogP contribution < -0.4 is 9.62 Å². The molecule has 3 aromatic carbocycles. The van der Waals surface area contributed by atoms with Crippen molar-refractivity contribution in [3.05, 3.63) is 96.1 Å². The van der Waals surface area contributed by atoms with Gasteiger partial charge in [0.15, 0.2) is 0 Å². The van der Waals surface area contributed by atoms with Gasteiger partial charge in [-0.2, -0.15) is 0 Å². The number of sulfonamides is 1. The lowest BCUT2D eigenvalue weighted by Gasteiger charge is -2.33. The molecular weight excluding hydrogens is 474 g/mol. The smallest absolute Gasteiger partial charge is 0.264 e. The Hall–Kier alpha value is -3.65. The minimum atomic E-state index is -4.05. The van der Waals surface area contributed by atoms with Gasteiger partial charge in [-0.05, 0) is 50.1 Å². The van der Waals surface area contributed by atoms with E-state index in [0.717, 1.165) is 15.4 Å². The average Bonchev–Trinajstić information content (AvgIpc) is 2.89. The van der Waals surface area contributed by atoms with Crippen LogP contribution in [0.1, 0.15) is 31.4 Å². The molecule has 0 bridgehead atoms. The van der Waals surface area contributed by atoms with Crippen molar-refractivity contribution in [3.63, 3.8) is 0 Å². The Kier molecular flexibility index (Phi) is 9.25. The van der Waals surface area contributed by atoms with Crippen LogP contribution in [0.2, 0.25) is 0 Å². The third-order valence-electron chi connectivity index (χ3n) is 5.86. The minimum Gasteiger partial charge on any atom is -0.355 e. The van der Waals surface area contributed by atoms with Crippen LogP contribution in [-0.2, 0) is 26.2 Å². The summed E-state index contributed by atoms with van der Waals surface area (Å²) in [7, 11) is -4.05. The van der Waals surface area contributed by atoms with Gasteiger partial charge in [-0.25, -0.2) is 8.42 Å². The van der Waals surface area contributed by atoms with Gasteiger partial charge in [-0.3, -0.25) is 13.9 Å². The number of anilines is 1. The van der Waals surface area contributed by atoms with E-state index in [4.69, 9.17) is 0 Å². The number of benzene rings is 3. The van der Waals surface area contributed by atoms with Gasteiger partial charge in [0.2, 0.25) is 11.8 Å². The lowest BCUT2D eigenvalue weighted by Crippen LogP contribution is -2.52. The minimum absolute atomic E-state index is 0.0868. The molecule has 0 aliphatic rings. The number of likely N-dealkylation sites (N-methyl/N-ethyl adjacent to an activating group) is 1. The van der Waals surface area contributed by atoms with Gasteiger partial charge in [-0.15, -0.1) is 0 Å². The Balaban J connectivity index is 2.03. The van der Waals surface area contributed by atoms with Gasteiger partial charge < -0.3 is 10.2 Å². The number of rotatable bonds is 11. The third-order valence-corrected chi connectivity index (χ3v) is 7.65. The molecule has 0 saturated heterocycles. The Morgan fingerprint density at radius 3 is 2.00 bits per heavy atom. The number of amides is 2. The van der Waals surface area contributed by atoms with Crippen LogP contribution in [0.25, 0.3) is 0 Å². The van der Waals surface area contributed by atoms with E-state index < -0.39 is 28.5 Å². The summed E-state index contributed by atoms with van der Waals surface area (Å²) in [4.78, 5) is 28.3. The molecular formula is C28H33N3O4S. The molecule has 0 unspecified atom stereocenters. The summed E-state index contributed by atoms with van der Waals surface area (Å²) in [6, 6.07) is 23.6. The van der Waals surface area contributed by atoms with E-state index in [2.05, 4.69) is 5.32 Å². The molecule has 3 rings (SSSR count). The van der Waals surface area contributed by atoms with E-state index in [1.807, 2.05) is 51.1 Å². The quantitative estimate of drug-likeness (QED) is 0.423. The third kappa shape index (κ3) is 6.51. The van der Waals surface area contributed by atoms with Crippen molar-refractivity contribution in [2.45, 2.75) is 44.7 Å². The Bertz CT molecular complexity index is 1250. The lowest BCUT2D eigenvalue weighted by atomic mass is 10.1. The van der Waals surface area contributed by atoms with E-state index in [-0.39, 0.29) is 17.3 Å². The second kappa shape index (κ2) is 12.4. The summed E-state index contributed by atoms with van der Waals surface area (Å²) in [5.74, 6) is -0.728. The molecule has 0 aliphatic carbocycles. The number of nitrogens with one attached hydrogen (secondary N) is 1. The van der Waals surface area contributed by atoms with Crippen LogP contribution >= 0.6 is 0 Å². The summed E-state index contributed by atoms with van der Waals surface area (Å²) in [6.45, 7) is 5.74. The van der Waals surface area contributed by atoms with E-state index >= 15 is 0 Å². The predicted octanol–water partition coefficient (Wildman–Crippen LogP) is 4.13. The van der Waals surface area contributed by atoms with Crippen LogP contribution in [0.15, 0.2) is 89.8 Å². The molecule has 1 N–H and O–H groups in total. The lowest BCUT2D eigenvalue weighted by molar-refractivity contribution is -0.140. The number of carbonyl (C=O) groups excluding carboxylic acids is 2. The molecule has 0 heterocycles. The highest BCUT2D eigenvalue weighted by Gasteiger charge is 2.33. The first kappa shape index (κ1) is 26.9. The topological polar surface area (TPSA) is 86.8 Å².